The van der Waals surface area contributed by atoms with E-state index in [2.05, 4.69) is 9.97 Å². The van der Waals surface area contributed by atoms with Crippen molar-refractivity contribution in [1.82, 2.24) is 9.97 Å². The first-order chi connectivity index (χ1) is 9.84. The average Bonchev–Trinajstić information content (AvgIpc) is 2.89. The quantitative estimate of drug-likeness (QED) is 0.541. The number of rotatable bonds is 1. The summed E-state index contributed by atoms with van der Waals surface area (Å²) in [5.41, 5.74) is 3.67. The van der Waals surface area contributed by atoms with Crippen molar-refractivity contribution < 1.29 is 5.11 Å². The predicted octanol–water partition coefficient (Wildman–Crippen LogP) is 4.09. The topological polar surface area (TPSA) is 48.9 Å². The normalized spacial score (nSPS) is 11.2. The van der Waals surface area contributed by atoms with Gasteiger partial charge in [-0.2, -0.15) is 0 Å². The van der Waals surface area contributed by atoms with Crippen LogP contribution in [0.3, 0.4) is 0 Å². The summed E-state index contributed by atoms with van der Waals surface area (Å²) in [6.07, 6.45) is 1.50. The first kappa shape index (κ1) is 11.1. The zero-order chi connectivity index (χ0) is 13.5. The molecule has 2 N–H and O–H groups in total. The minimum absolute atomic E-state index is 0.177. The van der Waals surface area contributed by atoms with E-state index in [0.717, 1.165) is 33.1 Å². The molecule has 0 spiro atoms. The van der Waals surface area contributed by atoms with Crippen LogP contribution in [0.25, 0.3) is 33.1 Å². The van der Waals surface area contributed by atoms with Crippen molar-refractivity contribution in [3.63, 3.8) is 0 Å². The van der Waals surface area contributed by atoms with Crippen molar-refractivity contribution in [2.75, 3.05) is 0 Å². The van der Waals surface area contributed by atoms with Gasteiger partial charge in [0.1, 0.15) is 0 Å². The Balaban J connectivity index is 2.19. The standard InChI is InChI=1S/C17H12N2O/c20-14-10-18-16(11-6-2-1-3-7-11)15-12-8-4-5-9-13(12)19-17(14)15/h1-10,19-20H. The summed E-state index contributed by atoms with van der Waals surface area (Å²) in [7, 11) is 0. The summed E-state index contributed by atoms with van der Waals surface area (Å²) in [6.45, 7) is 0. The summed E-state index contributed by atoms with van der Waals surface area (Å²) in [5, 5.41) is 12.1. The summed E-state index contributed by atoms with van der Waals surface area (Å²) < 4.78 is 0. The van der Waals surface area contributed by atoms with Crippen molar-refractivity contribution in [2.24, 2.45) is 0 Å². The highest BCUT2D eigenvalue weighted by Gasteiger charge is 2.14. The van der Waals surface area contributed by atoms with Crippen molar-refractivity contribution in [3.8, 4) is 17.0 Å². The summed E-state index contributed by atoms with van der Waals surface area (Å²) in [6, 6.07) is 18.0. The van der Waals surface area contributed by atoms with Gasteiger partial charge in [0.15, 0.2) is 5.75 Å². The molecular formula is C17H12N2O. The van der Waals surface area contributed by atoms with Crippen LogP contribution in [0.1, 0.15) is 0 Å². The number of aromatic hydroxyl groups is 1. The largest absolute Gasteiger partial charge is 0.504 e. The fraction of sp³-hybridized carbons (Fsp3) is 0. The van der Waals surface area contributed by atoms with E-state index in [4.69, 9.17) is 0 Å². The van der Waals surface area contributed by atoms with Crippen molar-refractivity contribution >= 4 is 21.8 Å². The number of benzene rings is 2. The minimum atomic E-state index is 0.177. The molecule has 2 aromatic heterocycles. The molecule has 3 heteroatoms. The molecule has 0 unspecified atom stereocenters. The number of aromatic nitrogens is 2. The van der Waals surface area contributed by atoms with E-state index >= 15 is 0 Å². The van der Waals surface area contributed by atoms with E-state index in [9.17, 15) is 5.11 Å². The van der Waals surface area contributed by atoms with E-state index < -0.39 is 0 Å². The van der Waals surface area contributed by atoms with Gasteiger partial charge in [0.05, 0.1) is 17.4 Å². The van der Waals surface area contributed by atoms with Gasteiger partial charge < -0.3 is 10.1 Å². The van der Waals surface area contributed by atoms with Gasteiger partial charge in [0, 0.05) is 21.9 Å². The van der Waals surface area contributed by atoms with Gasteiger partial charge >= 0.3 is 0 Å². The van der Waals surface area contributed by atoms with Crippen LogP contribution in [0.4, 0.5) is 0 Å². The Morgan fingerprint density at radius 1 is 0.900 bits per heavy atom. The lowest BCUT2D eigenvalue weighted by atomic mass is 10.0. The third-order valence-corrected chi connectivity index (χ3v) is 3.56. The molecule has 0 bridgehead atoms. The Kier molecular flexibility index (Phi) is 2.27. The van der Waals surface area contributed by atoms with Gasteiger partial charge in [0.2, 0.25) is 0 Å². The molecule has 96 valence electrons. The van der Waals surface area contributed by atoms with Crippen LogP contribution >= 0.6 is 0 Å². The van der Waals surface area contributed by atoms with Gasteiger partial charge in [0.25, 0.3) is 0 Å². The third-order valence-electron chi connectivity index (χ3n) is 3.56. The third kappa shape index (κ3) is 1.50. The molecular weight excluding hydrogens is 248 g/mol. The van der Waals surface area contributed by atoms with Crippen LogP contribution in [0, 0.1) is 0 Å². The number of aromatic amines is 1. The Morgan fingerprint density at radius 3 is 2.50 bits per heavy atom. The molecule has 0 amide bonds. The zero-order valence-electron chi connectivity index (χ0n) is 10.7. The molecule has 20 heavy (non-hydrogen) atoms. The lowest BCUT2D eigenvalue weighted by Crippen LogP contribution is -1.85. The number of pyridine rings is 1. The second kappa shape index (κ2) is 4.10. The maximum Gasteiger partial charge on any atom is 0.158 e. The van der Waals surface area contributed by atoms with Crippen molar-refractivity contribution in [3.05, 3.63) is 60.8 Å². The summed E-state index contributed by atoms with van der Waals surface area (Å²) in [4.78, 5) is 7.70. The Morgan fingerprint density at radius 2 is 1.65 bits per heavy atom. The minimum Gasteiger partial charge on any atom is -0.504 e. The van der Waals surface area contributed by atoms with Crippen LogP contribution in [-0.2, 0) is 0 Å². The van der Waals surface area contributed by atoms with Crippen LogP contribution in [0.15, 0.2) is 60.8 Å². The number of H-pyrrole nitrogens is 1. The lowest BCUT2D eigenvalue weighted by Gasteiger charge is -2.04. The fourth-order valence-corrected chi connectivity index (χ4v) is 2.65. The first-order valence-electron chi connectivity index (χ1n) is 6.48. The summed E-state index contributed by atoms with van der Waals surface area (Å²) >= 11 is 0. The molecule has 2 heterocycles. The Hall–Kier alpha value is -2.81. The van der Waals surface area contributed by atoms with Gasteiger partial charge in [-0.15, -0.1) is 0 Å². The van der Waals surface area contributed by atoms with Crippen LogP contribution in [-0.4, -0.2) is 15.1 Å². The zero-order valence-corrected chi connectivity index (χ0v) is 10.7. The molecule has 0 radical (unpaired) electrons. The molecule has 4 rings (SSSR count). The molecule has 0 saturated carbocycles. The number of nitrogens with one attached hydrogen (secondary N) is 1. The van der Waals surface area contributed by atoms with Crippen molar-refractivity contribution in [2.45, 2.75) is 0 Å². The number of nitrogens with zero attached hydrogens (tertiary/aromatic N) is 1. The van der Waals surface area contributed by atoms with Crippen LogP contribution < -0.4 is 0 Å². The Labute approximate surface area is 115 Å². The maximum atomic E-state index is 10.0. The molecule has 2 aromatic carbocycles. The molecule has 3 nitrogen and oxygen atoms in total. The van der Waals surface area contributed by atoms with E-state index in [1.54, 1.807) is 0 Å². The fourth-order valence-electron chi connectivity index (χ4n) is 2.65. The van der Waals surface area contributed by atoms with Gasteiger partial charge in [-0.25, -0.2) is 0 Å². The molecule has 0 atom stereocenters. The number of hydrogen-bond donors (Lipinski definition) is 2. The maximum absolute atomic E-state index is 10.0. The average molecular weight is 260 g/mol. The second-order valence-electron chi connectivity index (χ2n) is 4.78. The molecule has 4 aromatic rings. The molecule has 0 fully saturated rings. The summed E-state index contributed by atoms with van der Waals surface area (Å²) in [5.74, 6) is 0.177. The molecule has 0 aliphatic rings. The highest BCUT2D eigenvalue weighted by molar-refractivity contribution is 6.14. The number of para-hydroxylation sites is 1. The monoisotopic (exact) mass is 260 g/mol. The van der Waals surface area contributed by atoms with Crippen LogP contribution in [0.2, 0.25) is 0 Å². The van der Waals surface area contributed by atoms with Crippen molar-refractivity contribution in [1.29, 1.82) is 0 Å². The van der Waals surface area contributed by atoms with E-state index in [0.29, 0.717) is 0 Å². The van der Waals surface area contributed by atoms with Gasteiger partial charge in [-0.05, 0) is 6.07 Å². The molecule has 0 saturated heterocycles. The smallest absolute Gasteiger partial charge is 0.158 e. The van der Waals surface area contributed by atoms with E-state index in [1.165, 1.54) is 6.20 Å². The lowest BCUT2D eigenvalue weighted by molar-refractivity contribution is 0.478. The predicted molar refractivity (Wildman–Crippen MR) is 80.7 cm³/mol. The highest BCUT2D eigenvalue weighted by atomic mass is 16.3. The first-order valence-corrected chi connectivity index (χ1v) is 6.48. The SMILES string of the molecule is Oc1cnc(-c2ccccc2)c2c1[nH]c1ccccc12. The molecule has 0 aliphatic carbocycles. The second-order valence-corrected chi connectivity index (χ2v) is 4.78. The van der Waals surface area contributed by atoms with E-state index in [1.807, 2.05) is 54.6 Å². The Bertz CT molecular complexity index is 910. The highest BCUT2D eigenvalue weighted by Crippen LogP contribution is 2.36. The number of hydrogen-bond acceptors (Lipinski definition) is 2. The van der Waals surface area contributed by atoms with Crippen LogP contribution in [0.5, 0.6) is 5.75 Å². The van der Waals surface area contributed by atoms with Gasteiger partial charge in [-0.1, -0.05) is 48.5 Å². The van der Waals surface area contributed by atoms with Gasteiger partial charge in [-0.3, -0.25) is 4.98 Å². The molecule has 0 aliphatic heterocycles. The van der Waals surface area contributed by atoms with E-state index in [-0.39, 0.29) is 5.75 Å². The number of fused-ring (bicyclic) bond motifs is 3.